The number of sulfonamides is 1. The molecule has 0 spiro atoms. The highest BCUT2D eigenvalue weighted by Crippen LogP contribution is 2.28. The van der Waals surface area contributed by atoms with Crippen LogP contribution in [0.3, 0.4) is 0 Å². The zero-order valence-electron chi connectivity index (χ0n) is 25.8. The molecule has 4 aromatic carbocycles. The summed E-state index contributed by atoms with van der Waals surface area (Å²) in [6, 6.07) is 28.2. The third-order valence-corrected chi connectivity index (χ3v) is 8.81. The summed E-state index contributed by atoms with van der Waals surface area (Å²) in [4.78, 5) is 29.6. The van der Waals surface area contributed by atoms with E-state index in [1.54, 1.807) is 42.5 Å². The fourth-order valence-corrected chi connectivity index (χ4v) is 6.26. The number of hydrogen-bond donors (Lipinski definition) is 1. The van der Waals surface area contributed by atoms with E-state index in [-0.39, 0.29) is 29.1 Å². The fourth-order valence-electron chi connectivity index (χ4n) is 4.83. The third kappa shape index (κ3) is 8.69. The molecule has 2 amide bonds. The lowest BCUT2D eigenvalue weighted by Crippen LogP contribution is -2.56. The topological polar surface area (TPSA) is 96.0 Å². The molecule has 1 atom stereocenters. The van der Waals surface area contributed by atoms with Crippen LogP contribution in [-0.2, 0) is 32.6 Å². The van der Waals surface area contributed by atoms with Crippen LogP contribution in [0.2, 0.25) is 0 Å². The molecule has 0 radical (unpaired) electrons. The molecule has 236 valence electrons. The van der Waals surface area contributed by atoms with Crippen LogP contribution in [-0.4, -0.2) is 50.4 Å². The first kappa shape index (κ1) is 33.2. The van der Waals surface area contributed by atoms with Gasteiger partial charge in [-0.05, 0) is 56.7 Å². The predicted octanol–water partition coefficient (Wildman–Crippen LogP) is 5.58. The van der Waals surface area contributed by atoms with Gasteiger partial charge in [-0.15, -0.1) is 0 Å². The highest BCUT2D eigenvalue weighted by molar-refractivity contribution is 7.92. The van der Waals surface area contributed by atoms with Gasteiger partial charge in [0.2, 0.25) is 11.8 Å². The van der Waals surface area contributed by atoms with E-state index in [1.165, 1.54) is 48.4 Å². The van der Waals surface area contributed by atoms with Gasteiger partial charge >= 0.3 is 0 Å². The maximum atomic E-state index is 15.0. The molecule has 0 aliphatic carbocycles. The lowest BCUT2D eigenvalue weighted by atomic mass is 10.0. The standard InChI is InChI=1S/C35H38FN3O5S/c1-35(2,3)37-34(41)32(22-26-14-7-5-8-15-26)38(24-27-16-11-12-21-31(27)36)33(40)25-39(28-17-13-18-29(23-28)44-4)45(42,43)30-19-9-6-10-20-30/h5-21,23,32H,22,24-25H2,1-4H3,(H,37,41)/t32-/m0/s1. The number of nitrogens with zero attached hydrogens (tertiary/aromatic N) is 2. The van der Waals surface area contributed by atoms with Crippen LogP contribution >= 0.6 is 0 Å². The smallest absolute Gasteiger partial charge is 0.264 e. The largest absolute Gasteiger partial charge is 0.497 e. The van der Waals surface area contributed by atoms with Crippen molar-refractivity contribution < 1.29 is 27.1 Å². The summed E-state index contributed by atoms with van der Waals surface area (Å²) in [6.45, 7) is 4.55. The van der Waals surface area contributed by atoms with Crippen molar-refractivity contribution in [2.24, 2.45) is 0 Å². The van der Waals surface area contributed by atoms with E-state index in [9.17, 15) is 18.0 Å². The number of anilines is 1. The second kappa shape index (κ2) is 14.4. The van der Waals surface area contributed by atoms with Crippen molar-refractivity contribution in [1.82, 2.24) is 10.2 Å². The zero-order chi connectivity index (χ0) is 32.6. The molecule has 1 N–H and O–H groups in total. The van der Waals surface area contributed by atoms with Gasteiger partial charge in [0.25, 0.3) is 10.0 Å². The highest BCUT2D eigenvalue weighted by Gasteiger charge is 2.36. The summed E-state index contributed by atoms with van der Waals surface area (Å²) in [5.41, 5.74) is 0.518. The molecule has 10 heteroatoms. The van der Waals surface area contributed by atoms with E-state index in [1.807, 2.05) is 51.1 Å². The second-order valence-electron chi connectivity index (χ2n) is 11.6. The van der Waals surface area contributed by atoms with Crippen molar-refractivity contribution in [1.29, 1.82) is 0 Å². The number of amides is 2. The quantitative estimate of drug-likeness (QED) is 0.220. The van der Waals surface area contributed by atoms with Gasteiger partial charge in [0.05, 0.1) is 17.7 Å². The average molecular weight is 632 g/mol. The van der Waals surface area contributed by atoms with Gasteiger partial charge in [-0.3, -0.25) is 13.9 Å². The lowest BCUT2D eigenvalue weighted by Gasteiger charge is -2.35. The molecule has 0 bridgehead atoms. The van der Waals surface area contributed by atoms with Crippen LogP contribution < -0.4 is 14.4 Å². The number of nitrogens with one attached hydrogen (secondary N) is 1. The Kier molecular flexibility index (Phi) is 10.6. The molecule has 0 fully saturated rings. The predicted molar refractivity (Wildman–Crippen MR) is 173 cm³/mol. The maximum Gasteiger partial charge on any atom is 0.264 e. The Labute approximate surface area is 264 Å². The van der Waals surface area contributed by atoms with Crippen molar-refractivity contribution in [2.45, 2.75) is 50.2 Å². The summed E-state index contributed by atoms with van der Waals surface area (Å²) < 4.78 is 49.5. The normalized spacial score (nSPS) is 12.2. The molecule has 0 heterocycles. The van der Waals surface area contributed by atoms with Crippen LogP contribution in [0.15, 0.2) is 114 Å². The van der Waals surface area contributed by atoms with Crippen LogP contribution in [0.4, 0.5) is 10.1 Å². The van der Waals surface area contributed by atoms with Crippen LogP contribution in [0, 0.1) is 5.82 Å². The van der Waals surface area contributed by atoms with Gasteiger partial charge in [0.1, 0.15) is 24.2 Å². The summed E-state index contributed by atoms with van der Waals surface area (Å²) in [7, 11) is -2.81. The Morgan fingerprint density at radius 1 is 0.867 bits per heavy atom. The Bertz CT molecular complexity index is 1710. The molecule has 0 aromatic heterocycles. The minimum atomic E-state index is -4.27. The van der Waals surface area contributed by atoms with Crippen LogP contribution in [0.5, 0.6) is 5.75 Å². The lowest BCUT2D eigenvalue weighted by molar-refractivity contribution is -0.140. The summed E-state index contributed by atoms with van der Waals surface area (Å²) >= 11 is 0. The fraction of sp³-hybridized carbons (Fsp3) is 0.257. The number of hydrogen-bond acceptors (Lipinski definition) is 5. The number of carbonyl (C=O) groups is 2. The Morgan fingerprint density at radius 2 is 1.49 bits per heavy atom. The van der Waals surface area contributed by atoms with Gasteiger partial charge in [-0.25, -0.2) is 12.8 Å². The molecule has 4 rings (SSSR count). The monoisotopic (exact) mass is 631 g/mol. The molecule has 45 heavy (non-hydrogen) atoms. The Morgan fingerprint density at radius 3 is 2.11 bits per heavy atom. The van der Waals surface area contributed by atoms with E-state index >= 15 is 4.39 Å². The zero-order valence-corrected chi connectivity index (χ0v) is 26.6. The van der Waals surface area contributed by atoms with Gasteiger partial charge in [0.15, 0.2) is 0 Å². The number of methoxy groups -OCH3 is 1. The van der Waals surface area contributed by atoms with Gasteiger partial charge in [-0.2, -0.15) is 0 Å². The molecule has 0 saturated heterocycles. The van der Waals surface area contributed by atoms with Crippen LogP contribution in [0.25, 0.3) is 0 Å². The van der Waals surface area contributed by atoms with Crippen molar-refractivity contribution in [2.75, 3.05) is 18.0 Å². The van der Waals surface area contributed by atoms with E-state index in [4.69, 9.17) is 4.74 Å². The van der Waals surface area contributed by atoms with Gasteiger partial charge < -0.3 is 15.0 Å². The van der Waals surface area contributed by atoms with Crippen molar-refractivity contribution >= 4 is 27.5 Å². The molecule has 4 aromatic rings. The molecular formula is C35H38FN3O5S. The van der Waals surface area contributed by atoms with Gasteiger partial charge in [-0.1, -0.05) is 72.8 Å². The third-order valence-electron chi connectivity index (χ3n) is 7.02. The summed E-state index contributed by atoms with van der Waals surface area (Å²) in [5.74, 6) is -1.30. The van der Waals surface area contributed by atoms with E-state index in [0.717, 1.165) is 9.87 Å². The minimum Gasteiger partial charge on any atom is -0.497 e. The molecule has 0 saturated carbocycles. The Hall–Kier alpha value is -4.70. The number of benzene rings is 4. The van der Waals surface area contributed by atoms with Crippen molar-refractivity contribution in [3.63, 3.8) is 0 Å². The van der Waals surface area contributed by atoms with Gasteiger partial charge in [0, 0.05) is 30.1 Å². The van der Waals surface area contributed by atoms with E-state index in [0.29, 0.717) is 5.75 Å². The highest BCUT2D eigenvalue weighted by atomic mass is 32.2. The number of carbonyl (C=O) groups excluding carboxylic acids is 2. The molecular weight excluding hydrogens is 593 g/mol. The number of rotatable bonds is 12. The second-order valence-corrected chi connectivity index (χ2v) is 13.4. The van der Waals surface area contributed by atoms with E-state index < -0.39 is 45.8 Å². The first-order valence-electron chi connectivity index (χ1n) is 14.5. The molecule has 0 aliphatic heterocycles. The first-order chi connectivity index (χ1) is 21.4. The molecule has 0 unspecified atom stereocenters. The summed E-state index contributed by atoms with van der Waals surface area (Å²) in [6.07, 6.45) is 0.119. The van der Waals surface area contributed by atoms with Crippen molar-refractivity contribution in [3.8, 4) is 5.75 Å². The maximum absolute atomic E-state index is 15.0. The van der Waals surface area contributed by atoms with Crippen LogP contribution in [0.1, 0.15) is 31.9 Å². The first-order valence-corrected chi connectivity index (χ1v) is 15.9. The summed E-state index contributed by atoms with van der Waals surface area (Å²) in [5, 5.41) is 2.96. The minimum absolute atomic E-state index is 0.0208. The Balaban J connectivity index is 1.83. The number of halogens is 1. The van der Waals surface area contributed by atoms with E-state index in [2.05, 4.69) is 5.32 Å². The average Bonchev–Trinajstić information content (AvgIpc) is 3.02. The number of ether oxygens (including phenoxy) is 1. The van der Waals surface area contributed by atoms with Crippen molar-refractivity contribution in [3.05, 3.63) is 126 Å². The molecule has 0 aliphatic rings. The molecule has 8 nitrogen and oxygen atoms in total. The SMILES string of the molecule is COc1cccc(N(CC(=O)N(Cc2ccccc2F)[C@@H](Cc2ccccc2)C(=O)NC(C)(C)C)S(=O)(=O)c2ccccc2)c1.